The summed E-state index contributed by atoms with van der Waals surface area (Å²) < 4.78 is 20.9. The minimum atomic E-state index is -1.68. The molecule has 0 aliphatic heterocycles. The lowest BCUT2D eigenvalue weighted by atomic mass is 10.9. The van der Waals surface area contributed by atoms with Gasteiger partial charge in [-0.2, -0.15) is 0 Å². The highest BCUT2D eigenvalue weighted by Crippen LogP contribution is 2.00. The lowest BCUT2D eigenvalue weighted by Gasteiger charge is -2.15. The zero-order valence-corrected chi connectivity index (χ0v) is 10.7. The minimum absolute atomic E-state index is 0.288. The summed E-state index contributed by atoms with van der Waals surface area (Å²) in [6.07, 6.45) is 0. The largest absolute Gasteiger partial charge is 0.372 e. The van der Waals surface area contributed by atoms with Gasteiger partial charge >= 0.3 is 9.28 Å². The molecule has 0 aromatic heterocycles. The normalized spacial score (nSPS) is 11.1. The van der Waals surface area contributed by atoms with Crippen LogP contribution in [0.15, 0.2) is 0 Å². The van der Waals surface area contributed by atoms with Crippen LogP contribution in [0, 0.1) is 0 Å². The van der Waals surface area contributed by atoms with Crippen molar-refractivity contribution in [1.29, 1.82) is 0 Å². The van der Waals surface area contributed by atoms with E-state index in [0.717, 1.165) is 6.04 Å². The third-order valence-corrected chi connectivity index (χ3v) is 3.79. The van der Waals surface area contributed by atoms with Gasteiger partial charge in [-0.15, -0.1) is 11.6 Å². The molecular formula is C8H19ClO4Si. The van der Waals surface area contributed by atoms with Crippen molar-refractivity contribution in [3.63, 3.8) is 0 Å². The highest BCUT2D eigenvalue weighted by Gasteiger charge is 2.12. The predicted octanol–water partition coefficient (Wildman–Crippen LogP) is 1.47. The minimum Gasteiger partial charge on any atom is -0.372 e. The van der Waals surface area contributed by atoms with Crippen molar-refractivity contribution in [3.8, 4) is 0 Å². The molecule has 0 rings (SSSR count). The van der Waals surface area contributed by atoms with E-state index in [9.17, 15) is 0 Å². The molecule has 0 aliphatic rings. The molecule has 0 radical (unpaired) electrons. The molecule has 0 amide bonds. The Morgan fingerprint density at radius 2 is 1.50 bits per heavy atom. The van der Waals surface area contributed by atoms with Crippen LogP contribution in [0.3, 0.4) is 0 Å². The van der Waals surface area contributed by atoms with Gasteiger partial charge in [0.1, 0.15) is 13.6 Å². The van der Waals surface area contributed by atoms with E-state index in [1.807, 2.05) is 13.8 Å². The number of hydrogen-bond acceptors (Lipinski definition) is 4. The molecule has 0 aromatic carbocycles. The van der Waals surface area contributed by atoms with Gasteiger partial charge in [0.15, 0.2) is 0 Å². The van der Waals surface area contributed by atoms with Gasteiger partial charge in [-0.3, -0.25) is 0 Å². The van der Waals surface area contributed by atoms with Crippen LogP contribution in [0.2, 0.25) is 6.04 Å². The number of hydrogen-bond donors (Lipinski definition) is 0. The highest BCUT2D eigenvalue weighted by molar-refractivity contribution is 6.46. The van der Waals surface area contributed by atoms with E-state index in [4.69, 9.17) is 29.9 Å². The molecule has 6 heteroatoms. The Morgan fingerprint density at radius 3 is 1.86 bits per heavy atom. The van der Waals surface area contributed by atoms with E-state index in [-0.39, 0.29) is 13.6 Å². The third kappa shape index (κ3) is 8.92. The average molecular weight is 243 g/mol. The second kappa shape index (κ2) is 11.4. The van der Waals surface area contributed by atoms with Crippen LogP contribution in [0.4, 0.5) is 0 Å². The van der Waals surface area contributed by atoms with Crippen molar-refractivity contribution in [2.75, 3.05) is 32.7 Å². The van der Waals surface area contributed by atoms with Gasteiger partial charge in [-0.25, -0.2) is 0 Å². The monoisotopic (exact) mass is 242 g/mol. The Hall–Kier alpha value is 0.347. The van der Waals surface area contributed by atoms with Crippen LogP contribution in [-0.4, -0.2) is 42.0 Å². The molecule has 14 heavy (non-hydrogen) atoms. The second-order valence-electron chi connectivity index (χ2n) is 2.46. The van der Waals surface area contributed by atoms with E-state index in [2.05, 4.69) is 0 Å². The standard InChI is InChI=1S/C8H19ClO4Si/c1-3-10-7-12-14(6-5-9)13-8-11-4-2/h14H,3-8H2,1-2H3. The first kappa shape index (κ1) is 14.3. The molecule has 0 bridgehead atoms. The first-order valence-corrected chi connectivity index (χ1v) is 7.09. The maximum absolute atomic E-state index is 5.61. The molecule has 0 aliphatic carbocycles. The van der Waals surface area contributed by atoms with Gasteiger partial charge in [-0.05, 0) is 13.8 Å². The van der Waals surface area contributed by atoms with E-state index in [1.165, 1.54) is 0 Å². The SMILES string of the molecule is CCOCO[SiH](CCCl)OCOCC. The topological polar surface area (TPSA) is 36.9 Å². The maximum Gasteiger partial charge on any atom is 0.326 e. The van der Waals surface area contributed by atoms with Gasteiger partial charge in [0.05, 0.1) is 0 Å². The van der Waals surface area contributed by atoms with Gasteiger partial charge in [0.2, 0.25) is 0 Å². The van der Waals surface area contributed by atoms with E-state index < -0.39 is 9.28 Å². The van der Waals surface area contributed by atoms with E-state index in [0.29, 0.717) is 19.1 Å². The fraction of sp³-hybridized carbons (Fsp3) is 1.00. The van der Waals surface area contributed by atoms with Crippen molar-refractivity contribution in [3.05, 3.63) is 0 Å². The molecule has 0 spiro atoms. The first-order valence-electron chi connectivity index (χ1n) is 4.79. The summed E-state index contributed by atoms with van der Waals surface area (Å²) in [5, 5.41) is 0. The second-order valence-corrected chi connectivity index (χ2v) is 4.94. The molecule has 4 nitrogen and oxygen atoms in total. The molecule has 0 saturated carbocycles. The Balaban J connectivity index is 3.44. The van der Waals surface area contributed by atoms with Crippen LogP contribution >= 0.6 is 11.6 Å². The Kier molecular flexibility index (Phi) is 11.7. The van der Waals surface area contributed by atoms with Crippen molar-refractivity contribution >= 4 is 20.9 Å². The summed E-state index contributed by atoms with van der Waals surface area (Å²) in [5.74, 6) is 0.551. The maximum atomic E-state index is 5.61. The molecule has 0 aromatic rings. The third-order valence-electron chi connectivity index (χ3n) is 1.43. The summed E-state index contributed by atoms with van der Waals surface area (Å²) in [6.45, 7) is 5.71. The Morgan fingerprint density at radius 1 is 1.00 bits per heavy atom. The number of alkyl halides is 1. The fourth-order valence-corrected chi connectivity index (χ4v) is 2.36. The first-order chi connectivity index (χ1) is 6.85. The summed E-state index contributed by atoms with van der Waals surface area (Å²) in [5.41, 5.74) is 0. The summed E-state index contributed by atoms with van der Waals surface area (Å²) in [4.78, 5) is 0. The molecule has 0 N–H and O–H groups in total. The summed E-state index contributed by atoms with van der Waals surface area (Å²) in [7, 11) is -1.68. The van der Waals surface area contributed by atoms with Gasteiger partial charge in [0, 0.05) is 25.1 Å². The quantitative estimate of drug-likeness (QED) is 0.252. The number of ether oxygens (including phenoxy) is 2. The van der Waals surface area contributed by atoms with Crippen molar-refractivity contribution in [2.24, 2.45) is 0 Å². The predicted molar refractivity (Wildman–Crippen MR) is 57.8 cm³/mol. The van der Waals surface area contributed by atoms with E-state index in [1.54, 1.807) is 0 Å². The van der Waals surface area contributed by atoms with Crippen molar-refractivity contribution < 1.29 is 18.3 Å². The Bertz CT molecular complexity index is 108. The molecule has 86 valence electrons. The molecule has 0 fully saturated rings. The number of halogens is 1. The van der Waals surface area contributed by atoms with Crippen molar-refractivity contribution in [1.82, 2.24) is 0 Å². The molecule has 0 unspecified atom stereocenters. The van der Waals surface area contributed by atoms with Crippen LogP contribution in [0.1, 0.15) is 13.8 Å². The van der Waals surface area contributed by atoms with Gasteiger partial charge in [0.25, 0.3) is 0 Å². The smallest absolute Gasteiger partial charge is 0.326 e. The Labute approximate surface area is 92.3 Å². The molecule has 0 heterocycles. The molecule has 0 saturated heterocycles. The van der Waals surface area contributed by atoms with Crippen LogP contribution < -0.4 is 0 Å². The number of rotatable bonds is 10. The van der Waals surface area contributed by atoms with Crippen molar-refractivity contribution in [2.45, 2.75) is 19.9 Å². The zero-order chi connectivity index (χ0) is 10.6. The summed E-state index contributed by atoms with van der Waals surface area (Å²) in [6, 6.07) is 0.766. The van der Waals surface area contributed by atoms with Crippen LogP contribution in [-0.2, 0) is 18.3 Å². The average Bonchev–Trinajstić information content (AvgIpc) is 2.18. The lowest BCUT2D eigenvalue weighted by molar-refractivity contribution is -0.0291. The van der Waals surface area contributed by atoms with E-state index >= 15 is 0 Å². The highest BCUT2D eigenvalue weighted by atomic mass is 35.5. The van der Waals surface area contributed by atoms with Crippen LogP contribution in [0.25, 0.3) is 0 Å². The fourth-order valence-electron chi connectivity index (χ4n) is 0.719. The lowest BCUT2D eigenvalue weighted by Crippen LogP contribution is -2.26. The van der Waals surface area contributed by atoms with Crippen LogP contribution in [0.5, 0.6) is 0 Å². The molecular weight excluding hydrogens is 224 g/mol. The summed E-state index contributed by atoms with van der Waals surface area (Å²) >= 11 is 5.61. The van der Waals surface area contributed by atoms with Gasteiger partial charge < -0.3 is 18.3 Å². The molecule has 0 atom stereocenters. The zero-order valence-electron chi connectivity index (χ0n) is 8.83. The van der Waals surface area contributed by atoms with Gasteiger partial charge in [-0.1, -0.05) is 0 Å².